The lowest BCUT2D eigenvalue weighted by Crippen LogP contribution is -2.26. The largest absolute Gasteiger partial charge is 0.361 e. The van der Waals surface area contributed by atoms with E-state index < -0.39 is 0 Å². The van der Waals surface area contributed by atoms with Gasteiger partial charge < -0.3 is 10.3 Å². The first-order valence-electron chi connectivity index (χ1n) is 6.43. The van der Waals surface area contributed by atoms with Gasteiger partial charge in [0.1, 0.15) is 5.01 Å². The van der Waals surface area contributed by atoms with Crippen molar-refractivity contribution in [3.63, 3.8) is 0 Å². The Kier molecular flexibility index (Phi) is 3.28. The van der Waals surface area contributed by atoms with E-state index in [1.165, 1.54) is 0 Å². The van der Waals surface area contributed by atoms with Crippen LogP contribution in [0.15, 0.2) is 35.8 Å². The summed E-state index contributed by atoms with van der Waals surface area (Å²) in [7, 11) is 0. The Morgan fingerprint density at radius 1 is 1.40 bits per heavy atom. The second-order valence-electron chi connectivity index (χ2n) is 4.80. The molecular weight excluding hydrogens is 270 g/mol. The molecule has 1 atom stereocenters. The summed E-state index contributed by atoms with van der Waals surface area (Å²) in [5.74, 6) is -0.0816. The predicted octanol–water partition coefficient (Wildman–Crippen LogP) is 3.42. The summed E-state index contributed by atoms with van der Waals surface area (Å²) in [6.07, 6.45) is 1.87. The lowest BCUT2D eigenvalue weighted by Gasteiger charge is -2.11. The van der Waals surface area contributed by atoms with E-state index in [-0.39, 0.29) is 11.9 Å². The third kappa shape index (κ3) is 2.44. The highest BCUT2D eigenvalue weighted by Crippen LogP contribution is 2.19. The molecule has 0 spiro atoms. The average Bonchev–Trinajstić information content (AvgIpc) is 3.05. The van der Waals surface area contributed by atoms with Gasteiger partial charge in [0.2, 0.25) is 0 Å². The molecule has 0 saturated heterocycles. The number of nitrogens with one attached hydrogen (secondary N) is 2. The number of aryl methyl sites for hydroxylation is 1. The smallest absolute Gasteiger partial charge is 0.251 e. The second kappa shape index (κ2) is 5.09. The number of hydrogen-bond donors (Lipinski definition) is 2. The molecule has 0 aliphatic heterocycles. The van der Waals surface area contributed by atoms with Crippen molar-refractivity contribution in [2.24, 2.45) is 0 Å². The van der Waals surface area contributed by atoms with Crippen molar-refractivity contribution in [3.05, 3.63) is 52.1 Å². The summed E-state index contributed by atoms with van der Waals surface area (Å²) in [6.45, 7) is 3.90. The van der Waals surface area contributed by atoms with E-state index in [2.05, 4.69) is 15.3 Å². The van der Waals surface area contributed by atoms with Gasteiger partial charge in [-0.05, 0) is 37.4 Å². The molecule has 1 aromatic carbocycles. The Balaban J connectivity index is 1.78. The molecule has 20 heavy (non-hydrogen) atoms. The fraction of sp³-hybridized carbons (Fsp3) is 0.200. The van der Waals surface area contributed by atoms with Crippen LogP contribution in [0, 0.1) is 6.92 Å². The van der Waals surface area contributed by atoms with Gasteiger partial charge in [0.25, 0.3) is 5.91 Å². The highest BCUT2D eigenvalue weighted by Gasteiger charge is 2.14. The molecule has 0 bridgehead atoms. The molecule has 1 amide bonds. The maximum Gasteiger partial charge on any atom is 0.251 e. The van der Waals surface area contributed by atoms with Gasteiger partial charge in [0.05, 0.1) is 6.04 Å². The topological polar surface area (TPSA) is 57.8 Å². The van der Waals surface area contributed by atoms with Crippen LogP contribution in [0.1, 0.15) is 34.0 Å². The standard InChI is InChI=1S/C15H15N3OS/c1-9-8-20-15(17-9)10(2)18-14(19)12-4-3-11-5-6-16-13(11)7-12/h3-8,10,16H,1-2H3,(H,18,19). The van der Waals surface area contributed by atoms with Gasteiger partial charge >= 0.3 is 0 Å². The minimum atomic E-state index is -0.0828. The number of carbonyl (C=O) groups is 1. The van der Waals surface area contributed by atoms with E-state index in [9.17, 15) is 4.79 Å². The van der Waals surface area contributed by atoms with E-state index in [1.54, 1.807) is 11.3 Å². The minimum absolute atomic E-state index is 0.0816. The summed E-state index contributed by atoms with van der Waals surface area (Å²) in [6, 6.07) is 7.55. The molecule has 1 unspecified atom stereocenters. The number of fused-ring (bicyclic) bond motifs is 1. The predicted molar refractivity (Wildman–Crippen MR) is 81.0 cm³/mol. The molecule has 5 heteroatoms. The van der Waals surface area contributed by atoms with Crippen LogP contribution in [0.5, 0.6) is 0 Å². The van der Waals surface area contributed by atoms with Crippen molar-refractivity contribution in [3.8, 4) is 0 Å². The maximum atomic E-state index is 12.3. The number of benzene rings is 1. The van der Waals surface area contributed by atoms with Crippen molar-refractivity contribution >= 4 is 28.1 Å². The van der Waals surface area contributed by atoms with E-state index in [0.29, 0.717) is 5.56 Å². The van der Waals surface area contributed by atoms with Gasteiger partial charge in [-0.15, -0.1) is 11.3 Å². The number of nitrogens with zero attached hydrogens (tertiary/aromatic N) is 1. The van der Waals surface area contributed by atoms with Gasteiger partial charge in [-0.3, -0.25) is 4.79 Å². The quantitative estimate of drug-likeness (QED) is 0.774. The first kappa shape index (κ1) is 12.9. The van der Waals surface area contributed by atoms with Gasteiger partial charge in [-0.25, -0.2) is 4.98 Å². The van der Waals surface area contributed by atoms with Gasteiger partial charge in [0.15, 0.2) is 0 Å². The fourth-order valence-electron chi connectivity index (χ4n) is 2.10. The number of amides is 1. The Hall–Kier alpha value is -2.14. The molecule has 3 aromatic rings. The second-order valence-corrected chi connectivity index (χ2v) is 5.69. The van der Waals surface area contributed by atoms with Crippen LogP contribution in [0.3, 0.4) is 0 Å². The zero-order chi connectivity index (χ0) is 14.1. The Morgan fingerprint density at radius 3 is 3.00 bits per heavy atom. The van der Waals surface area contributed by atoms with Crippen molar-refractivity contribution in [1.29, 1.82) is 0 Å². The van der Waals surface area contributed by atoms with Crippen LogP contribution in [0.2, 0.25) is 0 Å². The normalized spacial score (nSPS) is 12.5. The number of thiazole rings is 1. The number of rotatable bonds is 3. The molecule has 4 nitrogen and oxygen atoms in total. The molecule has 2 N–H and O–H groups in total. The van der Waals surface area contributed by atoms with Gasteiger partial charge in [-0.1, -0.05) is 6.07 Å². The van der Waals surface area contributed by atoms with E-state index in [1.807, 2.05) is 49.7 Å². The number of hydrogen-bond acceptors (Lipinski definition) is 3. The zero-order valence-electron chi connectivity index (χ0n) is 11.3. The van der Waals surface area contributed by atoms with Gasteiger partial charge in [-0.2, -0.15) is 0 Å². The highest BCUT2D eigenvalue weighted by atomic mass is 32.1. The van der Waals surface area contributed by atoms with Crippen molar-refractivity contribution in [2.45, 2.75) is 19.9 Å². The molecule has 0 fully saturated rings. The van der Waals surface area contributed by atoms with E-state index in [4.69, 9.17) is 0 Å². The number of aromatic amines is 1. The van der Waals surface area contributed by atoms with Crippen LogP contribution in [-0.2, 0) is 0 Å². The number of carbonyl (C=O) groups excluding carboxylic acids is 1. The Morgan fingerprint density at radius 2 is 2.25 bits per heavy atom. The van der Waals surface area contributed by atoms with Crippen LogP contribution in [-0.4, -0.2) is 15.9 Å². The fourth-order valence-corrected chi connectivity index (χ4v) is 2.91. The molecule has 2 aromatic heterocycles. The number of H-pyrrole nitrogens is 1. The van der Waals surface area contributed by atoms with Crippen LogP contribution in [0.25, 0.3) is 10.9 Å². The van der Waals surface area contributed by atoms with E-state index in [0.717, 1.165) is 21.6 Å². The van der Waals surface area contributed by atoms with Gasteiger partial charge in [0, 0.05) is 28.4 Å². The lowest BCUT2D eigenvalue weighted by atomic mass is 10.1. The lowest BCUT2D eigenvalue weighted by molar-refractivity contribution is 0.0940. The molecule has 2 heterocycles. The van der Waals surface area contributed by atoms with Crippen LogP contribution >= 0.6 is 11.3 Å². The summed E-state index contributed by atoms with van der Waals surface area (Å²) in [5.41, 5.74) is 2.61. The SMILES string of the molecule is Cc1csc(C(C)NC(=O)c2ccc3cc[nH]c3c2)n1. The molecule has 0 radical (unpaired) electrons. The summed E-state index contributed by atoms with van der Waals surface area (Å²) >= 11 is 1.57. The molecule has 3 rings (SSSR count). The van der Waals surface area contributed by atoms with Crippen molar-refractivity contribution in [2.75, 3.05) is 0 Å². The van der Waals surface area contributed by atoms with Crippen molar-refractivity contribution in [1.82, 2.24) is 15.3 Å². The minimum Gasteiger partial charge on any atom is -0.361 e. The summed E-state index contributed by atoms with van der Waals surface area (Å²) < 4.78 is 0. The Bertz CT molecular complexity index is 759. The van der Waals surface area contributed by atoms with Crippen molar-refractivity contribution < 1.29 is 4.79 Å². The van der Waals surface area contributed by atoms with Crippen LogP contribution < -0.4 is 5.32 Å². The third-order valence-corrected chi connectivity index (χ3v) is 4.32. The molecular formula is C15H15N3OS. The molecule has 0 saturated carbocycles. The molecule has 102 valence electrons. The first-order valence-corrected chi connectivity index (χ1v) is 7.31. The highest BCUT2D eigenvalue weighted by molar-refractivity contribution is 7.09. The summed E-state index contributed by atoms with van der Waals surface area (Å²) in [5, 5.41) is 7.00. The monoisotopic (exact) mass is 285 g/mol. The zero-order valence-corrected chi connectivity index (χ0v) is 12.1. The molecule has 0 aliphatic carbocycles. The van der Waals surface area contributed by atoms with E-state index >= 15 is 0 Å². The Labute approximate surface area is 120 Å². The summed E-state index contributed by atoms with van der Waals surface area (Å²) in [4.78, 5) is 19.8. The third-order valence-electron chi connectivity index (χ3n) is 3.17. The first-order chi connectivity index (χ1) is 9.63. The average molecular weight is 285 g/mol. The maximum absolute atomic E-state index is 12.3. The molecule has 0 aliphatic rings. The number of aromatic nitrogens is 2. The van der Waals surface area contributed by atoms with Crippen LogP contribution in [0.4, 0.5) is 0 Å².